The van der Waals surface area contributed by atoms with Gasteiger partial charge in [0.15, 0.2) is 0 Å². The first-order valence-electron chi connectivity index (χ1n) is 1.39. The fourth-order valence-corrected chi connectivity index (χ4v) is 0. The van der Waals surface area contributed by atoms with Crippen LogP contribution in [0.15, 0.2) is 0 Å². The van der Waals surface area contributed by atoms with Crippen molar-refractivity contribution in [3.8, 4) is 0 Å². The van der Waals surface area contributed by atoms with Gasteiger partial charge < -0.3 is 16.7 Å². The van der Waals surface area contributed by atoms with Crippen molar-refractivity contribution >= 4 is 12.2 Å². The molecule has 0 unspecified atom stereocenters. The number of rotatable bonds is 0. The van der Waals surface area contributed by atoms with Gasteiger partial charge in [0.2, 0.25) is 6.08 Å². The maximum absolute atomic E-state index is 9.24. The second-order valence-electron chi connectivity index (χ2n) is 0.539. The topological polar surface area (TPSA) is 154 Å². The van der Waals surface area contributed by atoms with Crippen molar-refractivity contribution in [3.05, 3.63) is 0 Å². The van der Waals surface area contributed by atoms with E-state index in [1.54, 1.807) is 0 Å². The van der Waals surface area contributed by atoms with E-state index >= 15 is 0 Å². The number of hydrogen-bond donors (Lipinski definition) is 4. The van der Waals surface area contributed by atoms with Gasteiger partial charge in [-0.25, -0.2) is 15.0 Å². The first-order valence-corrected chi connectivity index (χ1v) is 1.39. The minimum absolute atomic E-state index is 0. The summed E-state index contributed by atoms with van der Waals surface area (Å²) in [6, 6.07) is 0. The number of hydrogen-bond acceptors (Lipinski definition) is 6. The van der Waals surface area contributed by atoms with Gasteiger partial charge in [-0.15, -0.1) is 0 Å². The van der Waals surface area contributed by atoms with Crippen molar-refractivity contribution in [3.63, 3.8) is 0 Å². The lowest BCUT2D eigenvalue weighted by Gasteiger charge is -1.79. The molecule has 0 bridgehead atoms. The maximum atomic E-state index is 9.24. The Hall–Kier alpha value is -1.43. The summed E-state index contributed by atoms with van der Waals surface area (Å²) >= 11 is 0. The van der Waals surface area contributed by atoms with Gasteiger partial charge in [0.1, 0.15) is 0 Å². The lowest BCUT2D eigenvalue weighted by molar-refractivity contribution is 0.159. The van der Waals surface area contributed by atoms with E-state index in [0.29, 0.717) is 0 Å². The number of isocyanates is 1. The molecule has 62 valence electrons. The van der Waals surface area contributed by atoms with Crippen molar-refractivity contribution in [2.24, 2.45) is 11.6 Å². The van der Waals surface area contributed by atoms with E-state index in [1.165, 1.54) is 0 Å². The van der Waals surface area contributed by atoms with Crippen LogP contribution in [0.4, 0.5) is 4.79 Å². The zero-order valence-electron chi connectivity index (χ0n) is 4.59. The number of amides is 1. The zero-order valence-corrected chi connectivity index (χ0v) is 4.59. The lowest BCUT2D eigenvalue weighted by Crippen LogP contribution is -2.16. The predicted octanol–water partition coefficient (Wildman–Crippen LogP) is -0.346. The third-order valence-corrected chi connectivity index (χ3v) is 0.116. The SMILES string of the molecule is C.N.N=C=O.NOC(N)=O. The van der Waals surface area contributed by atoms with Crippen LogP contribution >= 0.6 is 0 Å². The molecule has 7 heteroatoms. The van der Waals surface area contributed by atoms with Crippen LogP contribution < -0.4 is 17.8 Å². The number of nitrogens with one attached hydrogen (secondary N) is 1. The van der Waals surface area contributed by atoms with Gasteiger partial charge in [0.25, 0.3) is 0 Å². The Morgan fingerprint density at radius 3 is 1.70 bits per heavy atom. The largest absolute Gasteiger partial charge is 0.423 e. The van der Waals surface area contributed by atoms with Crippen molar-refractivity contribution in [1.82, 2.24) is 6.15 Å². The molecule has 0 saturated heterocycles. The van der Waals surface area contributed by atoms with Gasteiger partial charge >= 0.3 is 6.09 Å². The molecule has 0 aliphatic rings. The summed E-state index contributed by atoms with van der Waals surface area (Å²) in [5.41, 5.74) is 4.31. The minimum Gasteiger partial charge on any atom is -0.357 e. The number of carbonyl (C=O) groups is 1. The molecule has 0 fully saturated rings. The first-order chi connectivity index (χ1) is 3.68. The molecule has 0 spiro atoms. The third kappa shape index (κ3) is 627. The molecule has 0 aromatic heterocycles. The molecule has 0 aromatic rings. The van der Waals surface area contributed by atoms with E-state index in [4.69, 9.17) is 10.2 Å². The summed E-state index contributed by atoms with van der Waals surface area (Å²) < 4.78 is 0. The predicted molar refractivity (Wildman–Crippen MR) is 35.0 cm³/mol. The molecule has 8 N–H and O–H groups in total. The van der Waals surface area contributed by atoms with Crippen molar-refractivity contribution in [2.45, 2.75) is 7.43 Å². The Kier molecular flexibility index (Phi) is 60.3. The lowest BCUT2D eigenvalue weighted by atomic mass is 11.3. The molecule has 0 aliphatic carbocycles. The minimum atomic E-state index is -0.968. The van der Waals surface area contributed by atoms with E-state index in [0.717, 1.165) is 6.08 Å². The smallest absolute Gasteiger partial charge is 0.357 e. The first kappa shape index (κ1) is 23.5. The fraction of sp³-hybridized carbons (Fsp3) is 0.333. The summed E-state index contributed by atoms with van der Waals surface area (Å²) in [5, 5.41) is 5.40. The molecule has 0 aromatic carbocycles. The van der Waals surface area contributed by atoms with Crippen molar-refractivity contribution in [2.75, 3.05) is 0 Å². The highest BCUT2D eigenvalue weighted by molar-refractivity contribution is 5.63. The maximum Gasteiger partial charge on any atom is 0.423 e. The van der Waals surface area contributed by atoms with Gasteiger partial charge in [0, 0.05) is 0 Å². The monoisotopic (exact) mass is 152 g/mol. The van der Waals surface area contributed by atoms with Crippen LogP contribution in [0.1, 0.15) is 7.43 Å². The molecule has 0 atom stereocenters. The average molecular weight is 152 g/mol. The Balaban J connectivity index is -0.0000000326. The molecular formula is C3H12N4O3. The Morgan fingerprint density at radius 2 is 1.70 bits per heavy atom. The van der Waals surface area contributed by atoms with Gasteiger partial charge in [-0.3, -0.25) is 0 Å². The van der Waals surface area contributed by atoms with Crippen LogP contribution in [-0.2, 0) is 9.63 Å². The Labute approximate surface area is 58.4 Å². The van der Waals surface area contributed by atoms with Crippen LogP contribution in [0.25, 0.3) is 0 Å². The highest BCUT2D eigenvalue weighted by Crippen LogP contribution is 1.49. The number of nitrogens with two attached hydrogens (primary N) is 2. The average Bonchev–Trinajstić information content (AvgIpc) is 1.69. The van der Waals surface area contributed by atoms with E-state index in [-0.39, 0.29) is 13.6 Å². The highest BCUT2D eigenvalue weighted by Gasteiger charge is 1.77. The Bertz CT molecular complexity index is 97.9. The van der Waals surface area contributed by atoms with Crippen LogP contribution in [0.2, 0.25) is 0 Å². The van der Waals surface area contributed by atoms with Crippen LogP contribution in [0.5, 0.6) is 0 Å². The van der Waals surface area contributed by atoms with Gasteiger partial charge in [0.05, 0.1) is 0 Å². The van der Waals surface area contributed by atoms with E-state index in [2.05, 4.69) is 16.5 Å². The molecule has 1 amide bonds. The Morgan fingerprint density at radius 1 is 1.60 bits per heavy atom. The van der Waals surface area contributed by atoms with Gasteiger partial charge in [-0.2, -0.15) is 5.90 Å². The summed E-state index contributed by atoms with van der Waals surface area (Å²) in [7, 11) is 0. The quantitative estimate of drug-likeness (QED) is 0.212. The molecule has 0 aliphatic heterocycles. The van der Waals surface area contributed by atoms with Gasteiger partial charge in [-0.1, -0.05) is 7.43 Å². The summed E-state index contributed by atoms with van der Waals surface area (Å²) in [4.78, 5) is 21.0. The highest BCUT2D eigenvalue weighted by atomic mass is 16.7. The van der Waals surface area contributed by atoms with E-state index < -0.39 is 6.09 Å². The van der Waals surface area contributed by atoms with Crippen LogP contribution in [0, 0.1) is 5.41 Å². The molecule has 0 radical (unpaired) electrons. The standard InChI is InChI=1S/CH4N2O2.CHNO.CH4.H3N/c2-1(4)5-3;2-1-3;;/h3H2,(H2,2,4);2H;1H4;1H3. The molecule has 0 rings (SSSR count). The summed E-state index contributed by atoms with van der Waals surface area (Å²) in [6.45, 7) is 0. The summed E-state index contributed by atoms with van der Waals surface area (Å²) in [6.07, 6.45) is -0.218. The van der Waals surface area contributed by atoms with E-state index in [1.807, 2.05) is 0 Å². The van der Waals surface area contributed by atoms with Crippen molar-refractivity contribution < 1.29 is 14.4 Å². The van der Waals surface area contributed by atoms with Crippen LogP contribution in [-0.4, -0.2) is 12.2 Å². The normalized spacial score (nSPS) is 4.10. The van der Waals surface area contributed by atoms with Gasteiger partial charge in [-0.05, 0) is 0 Å². The second kappa shape index (κ2) is 25.6. The summed E-state index contributed by atoms with van der Waals surface area (Å²) in [5.74, 6) is 4.20. The van der Waals surface area contributed by atoms with Crippen LogP contribution in [0.3, 0.4) is 0 Å². The fourth-order valence-electron chi connectivity index (χ4n) is 0. The molecular weight excluding hydrogens is 140 g/mol. The molecule has 7 nitrogen and oxygen atoms in total. The second-order valence-corrected chi connectivity index (χ2v) is 0.539. The van der Waals surface area contributed by atoms with E-state index in [9.17, 15) is 4.79 Å². The molecule has 0 saturated carbocycles. The molecule has 10 heavy (non-hydrogen) atoms. The van der Waals surface area contributed by atoms with Crippen molar-refractivity contribution in [1.29, 1.82) is 5.41 Å². The molecule has 0 heterocycles. The number of carbonyl (C=O) groups excluding carboxylic acids is 2. The zero-order chi connectivity index (χ0) is 6.99. The third-order valence-electron chi connectivity index (χ3n) is 0.116. The number of primary amides is 1.